The fourth-order valence-electron chi connectivity index (χ4n) is 4.37. The summed E-state index contributed by atoms with van der Waals surface area (Å²) in [6, 6.07) is 10.3. The first kappa shape index (κ1) is 20.6. The predicted octanol–water partition coefficient (Wildman–Crippen LogP) is 5.05. The maximum Gasteiger partial charge on any atom is 0.166 e. The summed E-state index contributed by atoms with van der Waals surface area (Å²) >= 11 is 6.66. The number of hydrogen-bond acceptors (Lipinski definition) is 5. The van der Waals surface area contributed by atoms with E-state index < -0.39 is 0 Å². The molecule has 0 amide bonds. The van der Waals surface area contributed by atoms with E-state index in [9.17, 15) is 0 Å². The Morgan fingerprint density at radius 1 is 1.19 bits per heavy atom. The Morgan fingerprint density at radius 3 is 2.78 bits per heavy atom. The Kier molecular flexibility index (Phi) is 4.93. The monoisotopic (exact) mass is 448 g/mol. The third-order valence-electron chi connectivity index (χ3n) is 5.87. The Morgan fingerprint density at radius 2 is 2.00 bits per heavy atom. The average Bonchev–Trinajstić information content (AvgIpc) is 3.28. The van der Waals surface area contributed by atoms with E-state index in [0.29, 0.717) is 29.7 Å². The molecule has 164 valence electrons. The third-order valence-corrected chi connectivity index (χ3v) is 6.18. The van der Waals surface area contributed by atoms with Crippen LogP contribution in [0.25, 0.3) is 16.9 Å². The summed E-state index contributed by atoms with van der Waals surface area (Å²) in [6.07, 6.45) is 2.07. The molecular formula is C24H25ClN6O. The van der Waals surface area contributed by atoms with Crippen molar-refractivity contribution in [2.75, 3.05) is 5.73 Å². The van der Waals surface area contributed by atoms with Crippen LogP contribution in [0.3, 0.4) is 0 Å². The van der Waals surface area contributed by atoms with Gasteiger partial charge in [-0.2, -0.15) is 10.2 Å². The van der Waals surface area contributed by atoms with Crippen LogP contribution < -0.4 is 10.5 Å². The summed E-state index contributed by atoms with van der Waals surface area (Å²) in [7, 11) is 0. The van der Waals surface area contributed by atoms with Crippen molar-refractivity contribution < 1.29 is 4.74 Å². The van der Waals surface area contributed by atoms with E-state index in [2.05, 4.69) is 41.3 Å². The second-order valence-corrected chi connectivity index (χ2v) is 8.59. The summed E-state index contributed by atoms with van der Waals surface area (Å²) in [5, 5.41) is 9.87. The van der Waals surface area contributed by atoms with Crippen LogP contribution in [0.15, 0.2) is 36.5 Å². The molecule has 2 bridgehead atoms. The van der Waals surface area contributed by atoms with E-state index in [-0.39, 0.29) is 6.10 Å². The number of pyridine rings is 1. The van der Waals surface area contributed by atoms with Gasteiger partial charge in [0.1, 0.15) is 6.10 Å². The minimum atomic E-state index is -0.264. The molecule has 0 radical (unpaired) electrons. The van der Waals surface area contributed by atoms with Crippen molar-refractivity contribution in [1.29, 1.82) is 0 Å². The molecule has 4 heterocycles. The number of benzene rings is 1. The van der Waals surface area contributed by atoms with Crippen LogP contribution in [0.1, 0.15) is 48.0 Å². The lowest BCUT2D eigenvalue weighted by Gasteiger charge is -2.22. The summed E-state index contributed by atoms with van der Waals surface area (Å²) in [5.41, 5.74) is 14.0. The Bertz CT molecular complexity index is 1340. The van der Waals surface area contributed by atoms with E-state index in [4.69, 9.17) is 27.2 Å². The van der Waals surface area contributed by atoms with Crippen LogP contribution in [0.2, 0.25) is 5.15 Å². The van der Waals surface area contributed by atoms with Gasteiger partial charge in [-0.15, -0.1) is 0 Å². The number of ether oxygens (including phenoxy) is 1. The molecule has 1 unspecified atom stereocenters. The van der Waals surface area contributed by atoms with Crippen molar-refractivity contribution in [3.8, 4) is 22.7 Å². The van der Waals surface area contributed by atoms with Crippen LogP contribution in [0.4, 0.5) is 5.82 Å². The highest BCUT2D eigenvalue weighted by Gasteiger charge is 2.25. The number of nitrogens with two attached hydrogens (primary N) is 1. The first-order valence-electron chi connectivity index (χ1n) is 10.7. The molecule has 3 aromatic heterocycles. The first-order valence-corrected chi connectivity index (χ1v) is 11.1. The van der Waals surface area contributed by atoms with Gasteiger partial charge in [0.25, 0.3) is 0 Å². The largest absolute Gasteiger partial charge is 0.482 e. The standard InChI is InChI=1S/C24H25ClN6O/c1-5-30-22-16-10-21(24(26)27-12-16)32-15(4)18-8-13(2)6-7-20(18)31-17(9-14(3)28-31)11-19(22)23(25)29-30/h6-10,12,15H,5,11H2,1-4H3,(H2,26,27). The van der Waals surface area contributed by atoms with Gasteiger partial charge in [0.05, 0.1) is 17.1 Å². The Hall–Kier alpha value is -3.32. The molecule has 1 aliphatic rings. The number of halogens is 1. The van der Waals surface area contributed by atoms with E-state index >= 15 is 0 Å². The van der Waals surface area contributed by atoms with Crippen molar-refractivity contribution in [2.45, 2.75) is 46.8 Å². The first-order chi connectivity index (χ1) is 15.4. The van der Waals surface area contributed by atoms with Gasteiger partial charge in [-0.05, 0) is 45.9 Å². The van der Waals surface area contributed by atoms with Crippen LogP contribution >= 0.6 is 11.6 Å². The minimum Gasteiger partial charge on any atom is -0.482 e. The maximum atomic E-state index is 6.66. The van der Waals surface area contributed by atoms with Gasteiger partial charge in [0, 0.05) is 41.5 Å². The second kappa shape index (κ2) is 7.67. The minimum absolute atomic E-state index is 0.264. The Balaban J connectivity index is 1.84. The topological polar surface area (TPSA) is 83.8 Å². The van der Waals surface area contributed by atoms with Crippen molar-refractivity contribution in [2.24, 2.45) is 0 Å². The van der Waals surface area contributed by atoms with E-state index in [1.807, 2.05) is 36.2 Å². The maximum absolute atomic E-state index is 6.66. The van der Waals surface area contributed by atoms with Gasteiger partial charge in [-0.1, -0.05) is 29.3 Å². The van der Waals surface area contributed by atoms with E-state index in [1.165, 1.54) is 0 Å². The summed E-state index contributed by atoms with van der Waals surface area (Å²) in [5.74, 6) is 0.878. The highest BCUT2D eigenvalue weighted by molar-refractivity contribution is 6.30. The van der Waals surface area contributed by atoms with Crippen LogP contribution in [-0.4, -0.2) is 24.5 Å². The predicted molar refractivity (Wildman–Crippen MR) is 125 cm³/mol. The summed E-state index contributed by atoms with van der Waals surface area (Å²) in [4.78, 5) is 4.42. The molecule has 2 N–H and O–H groups in total. The molecule has 5 rings (SSSR count). The normalized spacial score (nSPS) is 15.1. The quantitative estimate of drug-likeness (QED) is 0.440. The van der Waals surface area contributed by atoms with Crippen LogP contribution in [0, 0.1) is 13.8 Å². The summed E-state index contributed by atoms with van der Waals surface area (Å²) < 4.78 is 10.3. The zero-order valence-electron chi connectivity index (χ0n) is 18.6. The molecular weight excluding hydrogens is 424 g/mol. The van der Waals surface area contributed by atoms with Crippen molar-refractivity contribution in [3.05, 3.63) is 69.8 Å². The molecule has 0 saturated heterocycles. The summed E-state index contributed by atoms with van der Waals surface area (Å²) in [6.45, 7) is 8.80. The number of nitrogen functional groups attached to an aromatic ring is 1. The molecule has 4 aromatic rings. The molecule has 0 fully saturated rings. The SMILES string of the molecule is CCn1nc(Cl)c2c1-c1cnc(N)c(c1)OC(C)c1cc(C)ccc1-n1nc(C)cc1C2. The third kappa shape index (κ3) is 3.33. The number of fused-ring (bicyclic) bond motifs is 7. The highest BCUT2D eigenvalue weighted by atomic mass is 35.5. The fourth-order valence-corrected chi connectivity index (χ4v) is 4.62. The Labute approximate surface area is 191 Å². The lowest BCUT2D eigenvalue weighted by molar-refractivity contribution is 0.227. The average molecular weight is 449 g/mol. The lowest BCUT2D eigenvalue weighted by Crippen LogP contribution is -2.13. The zero-order valence-corrected chi connectivity index (χ0v) is 19.3. The number of anilines is 1. The molecule has 1 aliphatic heterocycles. The smallest absolute Gasteiger partial charge is 0.166 e. The number of aromatic nitrogens is 5. The van der Waals surface area contributed by atoms with Gasteiger partial charge in [0.15, 0.2) is 16.7 Å². The van der Waals surface area contributed by atoms with Gasteiger partial charge < -0.3 is 10.5 Å². The molecule has 8 heteroatoms. The van der Waals surface area contributed by atoms with Crippen molar-refractivity contribution in [1.82, 2.24) is 24.5 Å². The van der Waals surface area contributed by atoms with E-state index in [0.717, 1.165) is 45.0 Å². The molecule has 1 aromatic carbocycles. The van der Waals surface area contributed by atoms with Gasteiger partial charge in [-0.25, -0.2) is 9.67 Å². The lowest BCUT2D eigenvalue weighted by atomic mass is 10.0. The molecule has 0 aliphatic carbocycles. The second-order valence-electron chi connectivity index (χ2n) is 8.23. The number of nitrogens with zero attached hydrogens (tertiary/aromatic N) is 5. The fraction of sp³-hybridized carbons (Fsp3) is 0.292. The zero-order chi connectivity index (χ0) is 22.6. The van der Waals surface area contributed by atoms with Gasteiger partial charge >= 0.3 is 0 Å². The molecule has 0 spiro atoms. The molecule has 7 nitrogen and oxygen atoms in total. The van der Waals surface area contributed by atoms with Crippen LogP contribution in [0.5, 0.6) is 5.75 Å². The van der Waals surface area contributed by atoms with Crippen LogP contribution in [-0.2, 0) is 13.0 Å². The molecule has 32 heavy (non-hydrogen) atoms. The van der Waals surface area contributed by atoms with Gasteiger partial charge in [0.2, 0.25) is 0 Å². The van der Waals surface area contributed by atoms with E-state index in [1.54, 1.807) is 6.20 Å². The van der Waals surface area contributed by atoms with Crippen molar-refractivity contribution in [3.63, 3.8) is 0 Å². The number of rotatable bonds is 1. The number of aryl methyl sites for hydroxylation is 3. The van der Waals surface area contributed by atoms with Crippen molar-refractivity contribution >= 4 is 17.4 Å². The molecule has 1 atom stereocenters. The molecule has 0 saturated carbocycles. The number of hydrogen-bond donors (Lipinski definition) is 1. The van der Waals surface area contributed by atoms with Gasteiger partial charge in [-0.3, -0.25) is 4.68 Å². The highest BCUT2D eigenvalue weighted by Crippen LogP contribution is 2.37.